The van der Waals surface area contributed by atoms with Crippen LogP contribution in [0.15, 0.2) is 17.5 Å². The van der Waals surface area contributed by atoms with Crippen LogP contribution in [0.5, 0.6) is 0 Å². The van der Waals surface area contributed by atoms with E-state index in [-0.39, 0.29) is 12.1 Å². The quantitative estimate of drug-likeness (QED) is 0.881. The summed E-state index contributed by atoms with van der Waals surface area (Å²) in [4.78, 5) is 14.6. The van der Waals surface area contributed by atoms with Gasteiger partial charge < -0.3 is 5.11 Å². The zero-order chi connectivity index (χ0) is 11.5. The predicted octanol–water partition coefficient (Wildman–Crippen LogP) is 2.75. The summed E-state index contributed by atoms with van der Waals surface area (Å²) in [5.74, 6) is -0.678. The molecule has 0 unspecified atom stereocenters. The summed E-state index contributed by atoms with van der Waals surface area (Å²) in [5.41, 5.74) is 0. The Hall–Kier alpha value is -0.870. The van der Waals surface area contributed by atoms with E-state index in [0.29, 0.717) is 0 Å². The highest BCUT2D eigenvalue weighted by Gasteiger charge is 2.32. The molecule has 2 atom stereocenters. The van der Waals surface area contributed by atoms with E-state index in [1.165, 1.54) is 4.88 Å². The molecule has 2 rings (SSSR count). The van der Waals surface area contributed by atoms with Crippen molar-refractivity contribution in [1.82, 2.24) is 4.90 Å². The van der Waals surface area contributed by atoms with Crippen molar-refractivity contribution >= 4 is 17.3 Å². The van der Waals surface area contributed by atoms with Crippen molar-refractivity contribution in [3.8, 4) is 0 Å². The number of likely N-dealkylation sites (tertiary alicyclic amines) is 1. The molecular weight excluding hydrogens is 222 g/mol. The molecule has 1 aliphatic heterocycles. The zero-order valence-electron chi connectivity index (χ0n) is 9.43. The third-order valence-electron chi connectivity index (χ3n) is 3.28. The molecule has 1 fully saturated rings. The van der Waals surface area contributed by atoms with Crippen LogP contribution in [-0.4, -0.2) is 28.6 Å². The van der Waals surface area contributed by atoms with Gasteiger partial charge in [0.05, 0.1) is 0 Å². The number of carboxylic acid groups (broad SMARTS) is 1. The molecule has 0 spiro atoms. The Morgan fingerprint density at radius 3 is 3.06 bits per heavy atom. The van der Waals surface area contributed by atoms with Crippen molar-refractivity contribution < 1.29 is 9.90 Å². The van der Waals surface area contributed by atoms with Gasteiger partial charge in [-0.2, -0.15) is 0 Å². The molecule has 4 heteroatoms. The Balaban J connectivity index is 2.14. The van der Waals surface area contributed by atoms with Crippen LogP contribution in [0.25, 0.3) is 0 Å². The third-order valence-corrected chi connectivity index (χ3v) is 4.32. The normalized spacial score (nSPS) is 24.2. The van der Waals surface area contributed by atoms with Crippen LogP contribution in [0.4, 0.5) is 0 Å². The van der Waals surface area contributed by atoms with Crippen LogP contribution < -0.4 is 0 Å². The fourth-order valence-corrected chi connectivity index (χ4v) is 3.18. The van der Waals surface area contributed by atoms with Crippen LogP contribution in [-0.2, 0) is 4.79 Å². The monoisotopic (exact) mass is 239 g/mol. The summed E-state index contributed by atoms with van der Waals surface area (Å²) < 4.78 is 0. The summed E-state index contributed by atoms with van der Waals surface area (Å²) >= 11 is 1.70. The van der Waals surface area contributed by atoms with Crippen molar-refractivity contribution in [2.45, 2.75) is 38.3 Å². The van der Waals surface area contributed by atoms with Gasteiger partial charge in [0, 0.05) is 10.9 Å². The average molecular weight is 239 g/mol. The smallest absolute Gasteiger partial charge is 0.320 e. The van der Waals surface area contributed by atoms with Crippen LogP contribution in [0.1, 0.15) is 37.1 Å². The predicted molar refractivity (Wildman–Crippen MR) is 64.7 cm³/mol. The molecule has 0 aromatic carbocycles. The van der Waals surface area contributed by atoms with Gasteiger partial charge >= 0.3 is 5.97 Å². The van der Waals surface area contributed by atoms with E-state index in [4.69, 9.17) is 0 Å². The van der Waals surface area contributed by atoms with E-state index >= 15 is 0 Å². The van der Waals surface area contributed by atoms with E-state index < -0.39 is 5.97 Å². The fourth-order valence-electron chi connectivity index (χ4n) is 2.38. The van der Waals surface area contributed by atoms with Crippen molar-refractivity contribution in [3.05, 3.63) is 22.4 Å². The average Bonchev–Trinajstić information content (AvgIpc) is 2.81. The topological polar surface area (TPSA) is 40.5 Å². The Labute approximate surface area is 99.7 Å². The summed E-state index contributed by atoms with van der Waals surface area (Å²) in [7, 11) is 0. The lowest BCUT2D eigenvalue weighted by Crippen LogP contribution is -2.45. The van der Waals surface area contributed by atoms with Gasteiger partial charge in [-0.1, -0.05) is 12.5 Å². The van der Waals surface area contributed by atoms with Gasteiger partial charge in [0.2, 0.25) is 0 Å². The SMILES string of the molecule is C[C@@H](c1cccs1)N1CCCC[C@@H]1C(=O)O. The molecular formula is C12H17NO2S. The number of hydrogen-bond donors (Lipinski definition) is 1. The molecule has 0 bridgehead atoms. The maximum Gasteiger partial charge on any atom is 0.320 e. The first-order chi connectivity index (χ1) is 7.70. The molecule has 1 N–H and O–H groups in total. The second-order valence-electron chi connectivity index (χ2n) is 4.28. The number of thiophene rings is 1. The Morgan fingerprint density at radius 1 is 1.62 bits per heavy atom. The van der Waals surface area contributed by atoms with Crippen molar-refractivity contribution in [1.29, 1.82) is 0 Å². The standard InChI is InChI=1S/C12H17NO2S/c1-9(11-6-4-8-16-11)13-7-3-2-5-10(13)12(14)15/h4,6,8-10H,2-3,5,7H2,1H3,(H,14,15)/t9-,10+/m0/s1. The lowest BCUT2D eigenvalue weighted by Gasteiger charge is -2.37. The second-order valence-corrected chi connectivity index (χ2v) is 5.26. The first-order valence-corrected chi connectivity index (χ1v) is 6.60. The first-order valence-electron chi connectivity index (χ1n) is 5.72. The molecule has 1 saturated heterocycles. The minimum absolute atomic E-state index is 0.224. The zero-order valence-corrected chi connectivity index (χ0v) is 10.2. The molecule has 16 heavy (non-hydrogen) atoms. The highest BCUT2D eigenvalue weighted by atomic mass is 32.1. The maximum atomic E-state index is 11.2. The van der Waals surface area contributed by atoms with Gasteiger partial charge in [-0.05, 0) is 37.8 Å². The lowest BCUT2D eigenvalue weighted by atomic mass is 10.00. The largest absolute Gasteiger partial charge is 0.480 e. The molecule has 0 aliphatic carbocycles. The highest BCUT2D eigenvalue weighted by Crippen LogP contribution is 2.30. The molecule has 0 radical (unpaired) electrons. The van der Waals surface area contributed by atoms with Gasteiger partial charge in [-0.3, -0.25) is 9.69 Å². The Kier molecular flexibility index (Phi) is 3.61. The van der Waals surface area contributed by atoms with Crippen molar-refractivity contribution in [2.75, 3.05) is 6.54 Å². The maximum absolute atomic E-state index is 11.2. The number of rotatable bonds is 3. The van der Waals surface area contributed by atoms with Gasteiger partial charge in [0.25, 0.3) is 0 Å². The Morgan fingerprint density at radius 2 is 2.44 bits per heavy atom. The highest BCUT2D eigenvalue weighted by molar-refractivity contribution is 7.10. The van der Waals surface area contributed by atoms with E-state index in [9.17, 15) is 9.90 Å². The molecule has 0 amide bonds. The van der Waals surface area contributed by atoms with Crippen molar-refractivity contribution in [2.24, 2.45) is 0 Å². The first kappa shape index (κ1) is 11.6. The van der Waals surface area contributed by atoms with Gasteiger partial charge in [-0.15, -0.1) is 11.3 Å². The summed E-state index contributed by atoms with van der Waals surface area (Å²) in [5, 5.41) is 11.3. The molecule has 0 saturated carbocycles. The van der Waals surface area contributed by atoms with E-state index in [1.54, 1.807) is 11.3 Å². The molecule has 1 aromatic rings. The number of carbonyl (C=O) groups is 1. The van der Waals surface area contributed by atoms with E-state index in [0.717, 1.165) is 25.8 Å². The molecule has 1 aromatic heterocycles. The third kappa shape index (κ3) is 2.28. The molecule has 3 nitrogen and oxygen atoms in total. The summed E-state index contributed by atoms with van der Waals surface area (Å²) in [6.07, 6.45) is 2.93. The van der Waals surface area contributed by atoms with Crippen LogP contribution in [0, 0.1) is 0 Å². The van der Waals surface area contributed by atoms with Crippen molar-refractivity contribution in [3.63, 3.8) is 0 Å². The number of aliphatic carboxylic acids is 1. The van der Waals surface area contributed by atoms with Gasteiger partial charge in [0.1, 0.15) is 6.04 Å². The number of piperidine rings is 1. The minimum atomic E-state index is -0.678. The number of carboxylic acids is 1. The number of hydrogen-bond acceptors (Lipinski definition) is 3. The van der Waals surface area contributed by atoms with Crippen LogP contribution in [0.3, 0.4) is 0 Å². The lowest BCUT2D eigenvalue weighted by molar-refractivity contribution is -0.145. The Bertz CT molecular complexity index is 350. The van der Waals surface area contributed by atoms with Gasteiger partial charge in [-0.25, -0.2) is 0 Å². The van der Waals surface area contributed by atoms with E-state index in [2.05, 4.69) is 17.9 Å². The second kappa shape index (κ2) is 4.97. The summed E-state index contributed by atoms with van der Waals surface area (Å²) in [6.45, 7) is 3.00. The number of nitrogens with zero attached hydrogens (tertiary/aromatic N) is 1. The molecule has 2 heterocycles. The summed E-state index contributed by atoms with van der Waals surface area (Å²) in [6, 6.07) is 4.03. The van der Waals surface area contributed by atoms with E-state index in [1.807, 2.05) is 11.4 Å². The minimum Gasteiger partial charge on any atom is -0.480 e. The molecule has 1 aliphatic rings. The van der Waals surface area contributed by atoms with Gasteiger partial charge in [0.15, 0.2) is 0 Å². The molecule has 88 valence electrons. The van der Waals surface area contributed by atoms with Crippen LogP contribution in [0.2, 0.25) is 0 Å². The van der Waals surface area contributed by atoms with Crippen LogP contribution >= 0.6 is 11.3 Å². The fraction of sp³-hybridized carbons (Fsp3) is 0.583.